The number of halogens is 1. The summed E-state index contributed by atoms with van der Waals surface area (Å²) in [7, 11) is 0. The van der Waals surface area contributed by atoms with Crippen LogP contribution in [-0.2, 0) is 14.4 Å². The van der Waals surface area contributed by atoms with E-state index < -0.39 is 17.9 Å². The highest BCUT2D eigenvalue weighted by molar-refractivity contribution is 6.31. The van der Waals surface area contributed by atoms with Crippen LogP contribution in [-0.4, -0.2) is 34.1 Å². The number of carbonyl (C=O) groups is 2. The number of ether oxygens (including phenoxy) is 1. The van der Waals surface area contributed by atoms with Crippen LogP contribution in [0.4, 0.5) is 0 Å². The Morgan fingerprint density at radius 1 is 1.31 bits per heavy atom. The third-order valence-corrected chi connectivity index (χ3v) is 3.73. The zero-order valence-corrected chi connectivity index (χ0v) is 14.9. The molecule has 10 heteroatoms. The minimum atomic E-state index is -0.720. The van der Waals surface area contributed by atoms with Crippen molar-refractivity contribution in [3.63, 3.8) is 0 Å². The molecule has 0 saturated carbocycles. The minimum absolute atomic E-state index is 0.00156. The van der Waals surface area contributed by atoms with Gasteiger partial charge in [-0.05, 0) is 38.1 Å². The predicted octanol–water partition coefficient (Wildman–Crippen LogP) is 1.13. The SMILES string of the molecule is Cc1nn(C(C)C(=O)O/N=C(\N)c2ccc(OCC(N)=O)cc2)cc1Cl. The van der Waals surface area contributed by atoms with E-state index in [0.29, 0.717) is 22.0 Å². The number of amidine groups is 1. The summed E-state index contributed by atoms with van der Waals surface area (Å²) in [6.07, 6.45) is 1.53. The summed E-state index contributed by atoms with van der Waals surface area (Å²) in [5.41, 5.74) is 11.9. The van der Waals surface area contributed by atoms with Gasteiger partial charge in [0.15, 0.2) is 12.4 Å². The number of aromatic nitrogens is 2. The standard InChI is InChI=1S/C16H18ClN5O4/c1-9-13(17)7-22(20-9)10(2)16(24)26-21-15(19)11-3-5-12(6-4-11)25-8-14(18)23/h3-7,10H,8H2,1-2H3,(H2,18,23)(H2,19,21). The average molecular weight is 380 g/mol. The molecule has 4 N–H and O–H groups in total. The zero-order valence-electron chi connectivity index (χ0n) is 14.2. The molecule has 1 aromatic heterocycles. The summed E-state index contributed by atoms with van der Waals surface area (Å²) >= 11 is 5.92. The number of oxime groups is 1. The van der Waals surface area contributed by atoms with Crippen LogP contribution in [0, 0.1) is 6.92 Å². The molecular formula is C16H18ClN5O4. The summed E-state index contributed by atoms with van der Waals surface area (Å²) in [5, 5.41) is 8.19. The summed E-state index contributed by atoms with van der Waals surface area (Å²) in [4.78, 5) is 27.6. The van der Waals surface area contributed by atoms with Crippen LogP contribution in [0.15, 0.2) is 35.6 Å². The molecule has 2 aromatic rings. The lowest BCUT2D eigenvalue weighted by molar-refractivity contribution is -0.147. The Morgan fingerprint density at radius 3 is 2.50 bits per heavy atom. The monoisotopic (exact) mass is 379 g/mol. The summed E-state index contributed by atoms with van der Waals surface area (Å²) in [5.74, 6) is -0.781. The van der Waals surface area contributed by atoms with Crippen molar-refractivity contribution in [1.82, 2.24) is 9.78 Å². The molecule has 1 heterocycles. The van der Waals surface area contributed by atoms with Gasteiger partial charge in [0.25, 0.3) is 5.91 Å². The molecule has 0 fully saturated rings. The number of rotatable bonds is 7. The molecule has 9 nitrogen and oxygen atoms in total. The Balaban J connectivity index is 1.98. The molecule has 1 aromatic carbocycles. The first-order chi connectivity index (χ1) is 12.3. The molecule has 2 rings (SSSR count). The van der Waals surface area contributed by atoms with E-state index in [0.717, 1.165) is 0 Å². The first kappa shape index (κ1) is 19.3. The summed E-state index contributed by atoms with van der Waals surface area (Å²) < 4.78 is 6.52. The van der Waals surface area contributed by atoms with Gasteiger partial charge >= 0.3 is 5.97 Å². The normalized spacial score (nSPS) is 12.5. The number of carbonyl (C=O) groups excluding carboxylic acids is 2. The molecule has 0 spiro atoms. The maximum atomic E-state index is 12.1. The minimum Gasteiger partial charge on any atom is -0.484 e. The first-order valence-electron chi connectivity index (χ1n) is 7.55. The van der Waals surface area contributed by atoms with Gasteiger partial charge < -0.3 is 21.0 Å². The number of nitrogens with two attached hydrogens (primary N) is 2. The lowest BCUT2D eigenvalue weighted by Crippen LogP contribution is -2.21. The fourth-order valence-corrected chi connectivity index (χ4v) is 2.00. The maximum Gasteiger partial charge on any atom is 0.359 e. The molecule has 0 aliphatic carbocycles. The van der Waals surface area contributed by atoms with Crippen molar-refractivity contribution in [2.24, 2.45) is 16.6 Å². The van der Waals surface area contributed by atoms with Crippen LogP contribution in [0.2, 0.25) is 5.02 Å². The molecule has 1 amide bonds. The molecule has 1 atom stereocenters. The third-order valence-electron chi connectivity index (χ3n) is 3.36. The van der Waals surface area contributed by atoms with Gasteiger partial charge in [-0.15, -0.1) is 0 Å². The van der Waals surface area contributed by atoms with Gasteiger partial charge in [-0.3, -0.25) is 9.48 Å². The van der Waals surface area contributed by atoms with E-state index >= 15 is 0 Å². The summed E-state index contributed by atoms with van der Waals surface area (Å²) in [6, 6.07) is 5.65. The van der Waals surface area contributed by atoms with Crippen LogP contribution in [0.3, 0.4) is 0 Å². The van der Waals surface area contributed by atoms with Crippen molar-refractivity contribution in [1.29, 1.82) is 0 Å². The molecule has 0 aliphatic rings. The zero-order chi connectivity index (χ0) is 19.3. The fraction of sp³-hybridized carbons (Fsp3) is 0.250. The number of hydrogen-bond acceptors (Lipinski definition) is 6. The van der Waals surface area contributed by atoms with E-state index in [9.17, 15) is 9.59 Å². The number of aryl methyl sites for hydroxylation is 1. The number of amides is 1. The van der Waals surface area contributed by atoms with Gasteiger partial charge in [0.1, 0.15) is 11.8 Å². The number of hydrogen-bond donors (Lipinski definition) is 2. The Morgan fingerprint density at radius 2 is 1.96 bits per heavy atom. The Bertz CT molecular complexity index is 812. The Hall–Kier alpha value is -3.07. The highest BCUT2D eigenvalue weighted by Gasteiger charge is 2.19. The van der Waals surface area contributed by atoms with Gasteiger partial charge in [0.2, 0.25) is 0 Å². The van der Waals surface area contributed by atoms with Crippen molar-refractivity contribution in [3.05, 3.63) is 46.7 Å². The summed E-state index contributed by atoms with van der Waals surface area (Å²) in [6.45, 7) is 3.10. The largest absolute Gasteiger partial charge is 0.484 e. The highest BCUT2D eigenvalue weighted by atomic mass is 35.5. The number of benzene rings is 1. The van der Waals surface area contributed by atoms with Crippen LogP contribution < -0.4 is 16.2 Å². The Labute approximate surface area is 154 Å². The molecule has 138 valence electrons. The lowest BCUT2D eigenvalue weighted by atomic mass is 10.2. The molecular weight excluding hydrogens is 362 g/mol. The third kappa shape index (κ3) is 4.96. The predicted molar refractivity (Wildman–Crippen MR) is 94.6 cm³/mol. The maximum absolute atomic E-state index is 12.1. The van der Waals surface area contributed by atoms with Crippen LogP contribution in [0.1, 0.15) is 24.2 Å². The van der Waals surface area contributed by atoms with E-state index in [2.05, 4.69) is 10.3 Å². The van der Waals surface area contributed by atoms with E-state index in [4.69, 9.17) is 32.6 Å². The van der Waals surface area contributed by atoms with Crippen molar-refractivity contribution >= 4 is 29.3 Å². The van der Waals surface area contributed by atoms with E-state index in [1.807, 2.05) is 0 Å². The van der Waals surface area contributed by atoms with Crippen molar-refractivity contribution in [2.45, 2.75) is 19.9 Å². The van der Waals surface area contributed by atoms with Crippen molar-refractivity contribution < 1.29 is 19.2 Å². The molecule has 0 bridgehead atoms. The van der Waals surface area contributed by atoms with Crippen molar-refractivity contribution in [2.75, 3.05) is 6.61 Å². The van der Waals surface area contributed by atoms with Gasteiger partial charge in [0, 0.05) is 11.8 Å². The molecule has 0 aliphatic heterocycles. The second-order valence-electron chi connectivity index (χ2n) is 5.38. The quantitative estimate of drug-likeness (QED) is 0.320. The highest BCUT2D eigenvalue weighted by Crippen LogP contribution is 2.17. The van der Waals surface area contributed by atoms with Gasteiger partial charge in [-0.1, -0.05) is 16.8 Å². The van der Waals surface area contributed by atoms with E-state index in [1.54, 1.807) is 38.1 Å². The second kappa shape index (κ2) is 8.34. The van der Waals surface area contributed by atoms with Crippen LogP contribution in [0.5, 0.6) is 5.75 Å². The lowest BCUT2D eigenvalue weighted by Gasteiger charge is -2.09. The second-order valence-corrected chi connectivity index (χ2v) is 5.79. The smallest absolute Gasteiger partial charge is 0.359 e. The number of nitrogens with zero attached hydrogens (tertiary/aromatic N) is 3. The average Bonchev–Trinajstić information content (AvgIpc) is 2.96. The van der Waals surface area contributed by atoms with Crippen molar-refractivity contribution in [3.8, 4) is 5.75 Å². The molecule has 0 radical (unpaired) electrons. The fourth-order valence-electron chi connectivity index (χ4n) is 1.87. The van der Waals surface area contributed by atoms with Gasteiger partial charge in [-0.25, -0.2) is 4.79 Å². The number of primary amides is 1. The van der Waals surface area contributed by atoms with E-state index in [-0.39, 0.29) is 12.4 Å². The topological polar surface area (TPSA) is 135 Å². The van der Waals surface area contributed by atoms with E-state index in [1.165, 1.54) is 10.9 Å². The molecule has 26 heavy (non-hydrogen) atoms. The van der Waals surface area contributed by atoms with Crippen LogP contribution in [0.25, 0.3) is 0 Å². The van der Waals surface area contributed by atoms with Gasteiger partial charge in [0.05, 0.1) is 10.7 Å². The molecule has 0 saturated heterocycles. The molecule has 1 unspecified atom stereocenters. The Kier molecular flexibility index (Phi) is 6.18. The van der Waals surface area contributed by atoms with Gasteiger partial charge in [-0.2, -0.15) is 5.10 Å². The first-order valence-corrected chi connectivity index (χ1v) is 7.93. The van der Waals surface area contributed by atoms with Crippen LogP contribution >= 0.6 is 11.6 Å².